The van der Waals surface area contributed by atoms with Crippen molar-refractivity contribution in [1.29, 1.82) is 0 Å². The van der Waals surface area contributed by atoms with Gasteiger partial charge in [-0.15, -0.1) is 9.24 Å². The predicted octanol–water partition coefficient (Wildman–Crippen LogP) is 2.74. The molecule has 8 heteroatoms. The summed E-state index contributed by atoms with van der Waals surface area (Å²) in [7, 11) is 1.41. The van der Waals surface area contributed by atoms with E-state index < -0.39 is 34.2 Å². The lowest BCUT2D eigenvalue weighted by Gasteiger charge is -2.28. The summed E-state index contributed by atoms with van der Waals surface area (Å²) in [5.41, 5.74) is -0.494. The zero-order valence-electron chi connectivity index (χ0n) is 8.37. The summed E-state index contributed by atoms with van der Waals surface area (Å²) in [6.45, 7) is -1.37. The van der Waals surface area contributed by atoms with Crippen molar-refractivity contribution in [3.8, 4) is 0 Å². The van der Waals surface area contributed by atoms with Gasteiger partial charge in [-0.25, -0.2) is 4.39 Å². The first-order chi connectivity index (χ1) is 7.67. The molecule has 0 aliphatic rings. The molecule has 17 heavy (non-hydrogen) atoms. The second-order valence-corrected chi connectivity index (χ2v) is 4.46. The average Bonchev–Trinajstić information content (AvgIpc) is 2.14. The Kier molecular flexibility index (Phi) is 3.71. The summed E-state index contributed by atoms with van der Waals surface area (Å²) in [6, 6.07) is 3.70. The van der Waals surface area contributed by atoms with E-state index in [4.69, 9.17) is 0 Å². The fraction of sp³-hybridized carbons (Fsp3) is 0.333. The van der Waals surface area contributed by atoms with E-state index in [0.717, 1.165) is 18.2 Å². The van der Waals surface area contributed by atoms with Gasteiger partial charge in [0.25, 0.3) is 0 Å². The van der Waals surface area contributed by atoms with Gasteiger partial charge in [-0.2, -0.15) is 13.2 Å². The molecule has 0 fully saturated rings. The number of benzene rings is 1. The number of nitrogens with zero attached hydrogens (tertiary/aromatic N) is 1. The molecule has 0 radical (unpaired) electrons. The van der Waals surface area contributed by atoms with E-state index in [9.17, 15) is 27.7 Å². The van der Waals surface area contributed by atoms with Gasteiger partial charge < -0.3 is 0 Å². The van der Waals surface area contributed by atoms with Gasteiger partial charge in [-0.1, -0.05) is 12.1 Å². The van der Waals surface area contributed by atoms with Crippen LogP contribution < -0.4 is 0 Å². The molecule has 2 unspecified atom stereocenters. The third-order valence-electron chi connectivity index (χ3n) is 2.22. The van der Waals surface area contributed by atoms with Crippen LogP contribution in [0.3, 0.4) is 0 Å². The number of halogens is 4. The molecule has 0 saturated carbocycles. The average molecular weight is 269 g/mol. The van der Waals surface area contributed by atoms with Crippen LogP contribution in [0.1, 0.15) is 5.56 Å². The van der Waals surface area contributed by atoms with Crippen LogP contribution in [-0.4, -0.2) is 17.6 Å². The monoisotopic (exact) mass is 269 g/mol. The van der Waals surface area contributed by atoms with E-state index in [1.165, 1.54) is 9.24 Å². The molecule has 2 atom stereocenters. The highest BCUT2D eigenvalue weighted by atomic mass is 31.0. The van der Waals surface area contributed by atoms with E-state index in [1.54, 1.807) is 0 Å². The summed E-state index contributed by atoms with van der Waals surface area (Å²) in [4.78, 5) is 9.24. The van der Waals surface area contributed by atoms with Crippen molar-refractivity contribution < 1.29 is 22.5 Å². The van der Waals surface area contributed by atoms with E-state index in [2.05, 4.69) is 0 Å². The molecule has 3 nitrogen and oxygen atoms in total. The molecule has 1 aromatic rings. The van der Waals surface area contributed by atoms with Crippen molar-refractivity contribution in [2.45, 2.75) is 11.3 Å². The van der Waals surface area contributed by atoms with Gasteiger partial charge >= 0.3 is 6.18 Å². The van der Waals surface area contributed by atoms with Crippen LogP contribution in [0.15, 0.2) is 24.3 Å². The number of alkyl halides is 3. The number of rotatable bonds is 3. The number of hydrogen-bond acceptors (Lipinski definition) is 2. The van der Waals surface area contributed by atoms with Gasteiger partial charge in [0.2, 0.25) is 6.54 Å². The van der Waals surface area contributed by atoms with Crippen LogP contribution in [-0.2, 0) is 5.16 Å². The minimum Gasteiger partial charge on any atom is -0.264 e. The molecule has 0 heterocycles. The molecule has 0 aliphatic heterocycles. The minimum absolute atomic E-state index is 0.494. The summed E-state index contributed by atoms with van der Waals surface area (Å²) in [6.07, 6.45) is -4.86. The highest BCUT2D eigenvalue weighted by molar-refractivity contribution is 7.18. The number of nitro groups is 1. The molecule has 0 spiro atoms. The van der Waals surface area contributed by atoms with Crippen molar-refractivity contribution in [3.05, 3.63) is 45.8 Å². The van der Waals surface area contributed by atoms with Crippen molar-refractivity contribution in [1.82, 2.24) is 0 Å². The topological polar surface area (TPSA) is 43.1 Å². The molecule has 1 aromatic carbocycles. The third kappa shape index (κ3) is 2.91. The van der Waals surface area contributed by atoms with Crippen LogP contribution in [0.5, 0.6) is 0 Å². The van der Waals surface area contributed by atoms with Crippen molar-refractivity contribution in [3.63, 3.8) is 0 Å². The Morgan fingerprint density at radius 2 is 1.94 bits per heavy atom. The number of hydrogen-bond donors (Lipinski definition) is 0. The lowest BCUT2D eigenvalue weighted by molar-refractivity contribution is -0.494. The molecule has 0 aliphatic carbocycles. The highest BCUT2D eigenvalue weighted by Gasteiger charge is 2.56. The van der Waals surface area contributed by atoms with Crippen LogP contribution in [0, 0.1) is 15.9 Å². The Morgan fingerprint density at radius 3 is 2.35 bits per heavy atom. The molecule has 1 rings (SSSR count). The zero-order chi connectivity index (χ0) is 13.3. The second-order valence-electron chi connectivity index (χ2n) is 3.47. The Labute approximate surface area is 96.2 Å². The van der Waals surface area contributed by atoms with Crippen LogP contribution >= 0.6 is 9.24 Å². The van der Waals surface area contributed by atoms with Crippen LogP contribution in [0.2, 0.25) is 0 Å². The maximum absolute atomic E-state index is 12.9. The van der Waals surface area contributed by atoms with Crippen molar-refractivity contribution in [2.24, 2.45) is 0 Å². The van der Waals surface area contributed by atoms with E-state index in [1.807, 2.05) is 0 Å². The quantitative estimate of drug-likeness (QED) is 0.366. The molecule has 0 saturated heterocycles. The molecular weight excluding hydrogens is 261 g/mol. The maximum atomic E-state index is 12.9. The molecular formula is C9H8F4NO2P. The molecule has 0 N–H and O–H groups in total. The Morgan fingerprint density at radius 1 is 1.35 bits per heavy atom. The standard InChI is InChI=1S/C9H8F4NO2P/c10-7-3-1-2-6(4-7)8(17,5-14(15)16)9(11,12)13/h1-4H,5,17H2. The van der Waals surface area contributed by atoms with E-state index in [-0.39, 0.29) is 0 Å². The predicted molar refractivity (Wildman–Crippen MR) is 55.7 cm³/mol. The smallest absolute Gasteiger partial charge is 0.264 e. The summed E-state index contributed by atoms with van der Waals surface area (Å²) in [5.74, 6) is -0.873. The van der Waals surface area contributed by atoms with Gasteiger partial charge in [-0.3, -0.25) is 10.1 Å². The van der Waals surface area contributed by atoms with Crippen LogP contribution in [0.4, 0.5) is 17.6 Å². The van der Waals surface area contributed by atoms with E-state index in [0.29, 0.717) is 6.07 Å². The minimum atomic E-state index is -4.86. The SMILES string of the molecule is O=[N+]([O-])CC(P)(c1cccc(F)c1)C(F)(F)F. The Balaban J connectivity index is 3.29. The normalized spacial score (nSPS) is 15.4. The Hall–Kier alpha value is -1.23. The first-order valence-corrected chi connectivity index (χ1v) is 4.98. The highest BCUT2D eigenvalue weighted by Crippen LogP contribution is 2.46. The van der Waals surface area contributed by atoms with Crippen LogP contribution in [0.25, 0.3) is 0 Å². The van der Waals surface area contributed by atoms with Gasteiger partial charge in [0, 0.05) is 4.92 Å². The molecule has 94 valence electrons. The fourth-order valence-corrected chi connectivity index (χ4v) is 1.64. The van der Waals surface area contributed by atoms with Gasteiger partial charge in [0.1, 0.15) is 5.82 Å². The molecule has 0 aromatic heterocycles. The first-order valence-electron chi connectivity index (χ1n) is 4.40. The third-order valence-corrected chi connectivity index (χ3v) is 3.07. The van der Waals surface area contributed by atoms with Gasteiger partial charge in [0.15, 0.2) is 5.16 Å². The second kappa shape index (κ2) is 4.56. The molecule has 0 amide bonds. The molecule has 0 bridgehead atoms. The summed E-state index contributed by atoms with van der Waals surface area (Å²) < 4.78 is 51.4. The maximum Gasteiger partial charge on any atom is 0.408 e. The van der Waals surface area contributed by atoms with Crippen molar-refractivity contribution >= 4 is 9.24 Å². The van der Waals surface area contributed by atoms with Gasteiger partial charge in [-0.05, 0) is 17.7 Å². The van der Waals surface area contributed by atoms with Gasteiger partial charge in [0.05, 0.1) is 0 Å². The van der Waals surface area contributed by atoms with E-state index >= 15 is 0 Å². The Bertz CT molecular complexity index is 437. The first kappa shape index (κ1) is 13.8. The van der Waals surface area contributed by atoms with Crippen molar-refractivity contribution in [2.75, 3.05) is 6.54 Å². The largest absolute Gasteiger partial charge is 0.408 e. The summed E-state index contributed by atoms with van der Waals surface area (Å²) in [5, 5.41) is 7.54. The summed E-state index contributed by atoms with van der Waals surface area (Å²) >= 11 is 0. The zero-order valence-corrected chi connectivity index (χ0v) is 9.52. The fourth-order valence-electron chi connectivity index (χ4n) is 1.31. The lowest BCUT2D eigenvalue weighted by atomic mass is 9.97. The lowest BCUT2D eigenvalue weighted by Crippen LogP contribution is -2.42.